The van der Waals surface area contributed by atoms with Gasteiger partial charge in [-0.15, -0.1) is 0 Å². The smallest absolute Gasteiger partial charge is 0.342 e. The zero-order valence-electron chi connectivity index (χ0n) is 10.5. The van der Waals surface area contributed by atoms with E-state index in [2.05, 4.69) is 5.32 Å². The van der Waals surface area contributed by atoms with Gasteiger partial charge in [0.05, 0.1) is 4.92 Å². The maximum Gasteiger partial charge on any atom is 0.342 e. The van der Waals surface area contributed by atoms with Crippen LogP contribution in [0.25, 0.3) is 0 Å². The van der Waals surface area contributed by atoms with Gasteiger partial charge < -0.3 is 10.4 Å². The minimum Gasteiger partial charge on any atom is -0.477 e. The lowest BCUT2D eigenvalue weighted by atomic mass is 10.1. The van der Waals surface area contributed by atoms with Crippen molar-refractivity contribution < 1.29 is 14.8 Å². The lowest BCUT2D eigenvalue weighted by molar-refractivity contribution is -0.385. The van der Waals surface area contributed by atoms with Crippen molar-refractivity contribution in [1.29, 1.82) is 0 Å². The Hall–Kier alpha value is -2.11. The number of rotatable bonds is 5. The summed E-state index contributed by atoms with van der Waals surface area (Å²) in [5.74, 6) is -0.667. The van der Waals surface area contributed by atoms with Crippen molar-refractivity contribution >= 4 is 17.3 Å². The Labute approximate surface area is 110 Å². The fourth-order valence-electron chi connectivity index (χ4n) is 2.45. The summed E-state index contributed by atoms with van der Waals surface area (Å²) in [7, 11) is 0. The maximum absolute atomic E-state index is 11.0. The van der Waals surface area contributed by atoms with Crippen molar-refractivity contribution in [3.8, 4) is 0 Å². The van der Waals surface area contributed by atoms with Crippen LogP contribution in [0.15, 0.2) is 18.2 Å². The van der Waals surface area contributed by atoms with Crippen LogP contribution in [0.1, 0.15) is 36.0 Å². The van der Waals surface area contributed by atoms with Crippen LogP contribution < -0.4 is 5.32 Å². The van der Waals surface area contributed by atoms with E-state index < -0.39 is 10.9 Å². The SMILES string of the molecule is O=C(O)c1cc(NCC2CCCC2)ccc1[N+](=O)[O-]. The number of hydrogen-bond acceptors (Lipinski definition) is 4. The van der Waals surface area contributed by atoms with Gasteiger partial charge in [0.1, 0.15) is 5.56 Å². The molecule has 1 fully saturated rings. The molecule has 2 N–H and O–H groups in total. The third-order valence-electron chi connectivity index (χ3n) is 3.49. The standard InChI is InChI=1S/C13H16N2O4/c16-13(17)11-7-10(5-6-12(11)15(18)19)14-8-9-3-1-2-4-9/h5-7,9,14H,1-4,8H2,(H,16,17). The fraction of sp³-hybridized carbons (Fsp3) is 0.462. The second-order valence-electron chi connectivity index (χ2n) is 4.83. The van der Waals surface area contributed by atoms with Gasteiger partial charge in [-0.1, -0.05) is 12.8 Å². The molecule has 19 heavy (non-hydrogen) atoms. The molecule has 1 aromatic carbocycles. The van der Waals surface area contributed by atoms with Gasteiger partial charge in [-0.3, -0.25) is 10.1 Å². The molecule has 0 atom stereocenters. The molecule has 0 heterocycles. The summed E-state index contributed by atoms with van der Waals surface area (Å²) in [5.41, 5.74) is -0.0322. The van der Waals surface area contributed by atoms with Gasteiger partial charge in [-0.05, 0) is 30.9 Å². The molecule has 1 aliphatic carbocycles. The predicted octanol–water partition coefficient (Wildman–Crippen LogP) is 2.90. The van der Waals surface area contributed by atoms with Gasteiger partial charge in [0, 0.05) is 18.3 Å². The zero-order valence-corrected chi connectivity index (χ0v) is 10.5. The first-order valence-electron chi connectivity index (χ1n) is 6.33. The summed E-state index contributed by atoms with van der Waals surface area (Å²) < 4.78 is 0. The van der Waals surface area contributed by atoms with E-state index in [1.807, 2.05) is 0 Å². The number of nitro groups is 1. The molecule has 6 nitrogen and oxygen atoms in total. The Morgan fingerprint density at radius 1 is 1.42 bits per heavy atom. The molecule has 0 radical (unpaired) electrons. The second-order valence-corrected chi connectivity index (χ2v) is 4.83. The predicted molar refractivity (Wildman–Crippen MR) is 70.5 cm³/mol. The van der Waals surface area contributed by atoms with Crippen molar-refractivity contribution in [2.75, 3.05) is 11.9 Å². The number of nitro benzene ring substituents is 1. The first-order chi connectivity index (χ1) is 9.08. The highest BCUT2D eigenvalue weighted by Gasteiger charge is 2.20. The van der Waals surface area contributed by atoms with Gasteiger partial charge in [0.2, 0.25) is 0 Å². The molecule has 6 heteroatoms. The summed E-state index contributed by atoms with van der Waals surface area (Å²) in [6.45, 7) is 0.789. The average Bonchev–Trinajstić information content (AvgIpc) is 2.88. The number of carbonyl (C=O) groups is 1. The van der Waals surface area contributed by atoms with Gasteiger partial charge in [0.15, 0.2) is 0 Å². The molecule has 1 aliphatic rings. The summed E-state index contributed by atoms with van der Waals surface area (Å²) in [6.07, 6.45) is 4.86. The summed E-state index contributed by atoms with van der Waals surface area (Å²) in [5, 5.41) is 22.9. The summed E-state index contributed by atoms with van der Waals surface area (Å²) in [4.78, 5) is 21.1. The normalized spacial score (nSPS) is 15.4. The lowest BCUT2D eigenvalue weighted by Crippen LogP contribution is -2.12. The van der Waals surface area contributed by atoms with Crippen LogP contribution in [0.3, 0.4) is 0 Å². The first-order valence-corrected chi connectivity index (χ1v) is 6.33. The highest BCUT2D eigenvalue weighted by molar-refractivity contribution is 5.93. The topological polar surface area (TPSA) is 92.5 Å². The highest BCUT2D eigenvalue weighted by Crippen LogP contribution is 2.26. The first kappa shape index (κ1) is 13.3. The molecule has 1 aromatic rings. The van der Waals surface area contributed by atoms with Crippen LogP contribution in [-0.4, -0.2) is 22.5 Å². The Morgan fingerprint density at radius 3 is 2.68 bits per heavy atom. The number of hydrogen-bond donors (Lipinski definition) is 2. The zero-order chi connectivity index (χ0) is 13.8. The minimum absolute atomic E-state index is 0.276. The molecule has 0 aromatic heterocycles. The third-order valence-corrected chi connectivity index (χ3v) is 3.49. The number of aromatic carboxylic acids is 1. The Morgan fingerprint density at radius 2 is 2.11 bits per heavy atom. The van der Waals surface area contributed by atoms with E-state index in [4.69, 9.17) is 5.11 Å². The van der Waals surface area contributed by atoms with E-state index in [0.29, 0.717) is 11.6 Å². The summed E-state index contributed by atoms with van der Waals surface area (Å²) in [6, 6.07) is 4.12. The fourth-order valence-corrected chi connectivity index (χ4v) is 2.45. The molecule has 0 unspecified atom stereocenters. The molecule has 2 rings (SSSR count). The van der Waals surface area contributed by atoms with E-state index in [9.17, 15) is 14.9 Å². The van der Waals surface area contributed by atoms with Gasteiger partial charge in [-0.25, -0.2) is 4.79 Å². The second kappa shape index (κ2) is 5.69. The van der Waals surface area contributed by atoms with Crippen LogP contribution in [0.5, 0.6) is 0 Å². The number of carboxylic acid groups (broad SMARTS) is 1. The number of carboxylic acids is 1. The van der Waals surface area contributed by atoms with E-state index >= 15 is 0 Å². The molecule has 0 spiro atoms. The monoisotopic (exact) mass is 264 g/mol. The van der Waals surface area contributed by atoms with Crippen LogP contribution >= 0.6 is 0 Å². The van der Waals surface area contributed by atoms with Crippen molar-refractivity contribution in [3.05, 3.63) is 33.9 Å². The highest BCUT2D eigenvalue weighted by atomic mass is 16.6. The molecule has 102 valence electrons. The largest absolute Gasteiger partial charge is 0.477 e. The number of nitrogens with zero attached hydrogens (tertiary/aromatic N) is 1. The van der Waals surface area contributed by atoms with Gasteiger partial charge in [0.25, 0.3) is 5.69 Å². The van der Waals surface area contributed by atoms with Crippen molar-refractivity contribution in [3.63, 3.8) is 0 Å². The lowest BCUT2D eigenvalue weighted by Gasteiger charge is -2.12. The average molecular weight is 264 g/mol. The quantitative estimate of drug-likeness (QED) is 0.630. The minimum atomic E-state index is -1.28. The summed E-state index contributed by atoms with van der Waals surface area (Å²) >= 11 is 0. The van der Waals surface area contributed by atoms with E-state index in [-0.39, 0.29) is 11.3 Å². The maximum atomic E-state index is 11.0. The van der Waals surface area contributed by atoms with Crippen LogP contribution in [0, 0.1) is 16.0 Å². The molecular formula is C13H16N2O4. The molecule has 0 saturated heterocycles. The number of nitrogens with one attached hydrogen (secondary N) is 1. The molecule has 0 amide bonds. The van der Waals surface area contributed by atoms with Gasteiger partial charge in [-0.2, -0.15) is 0 Å². The van der Waals surface area contributed by atoms with E-state index in [1.165, 1.54) is 37.8 Å². The molecule has 0 aliphatic heterocycles. The Bertz CT molecular complexity index is 495. The number of anilines is 1. The van der Waals surface area contributed by atoms with Crippen LogP contribution in [0.2, 0.25) is 0 Å². The van der Waals surface area contributed by atoms with Crippen LogP contribution in [-0.2, 0) is 0 Å². The Balaban J connectivity index is 2.11. The van der Waals surface area contributed by atoms with Crippen molar-refractivity contribution in [2.24, 2.45) is 5.92 Å². The molecule has 1 saturated carbocycles. The van der Waals surface area contributed by atoms with Gasteiger partial charge >= 0.3 is 5.97 Å². The Kier molecular flexibility index (Phi) is 3.99. The third kappa shape index (κ3) is 3.21. The number of benzene rings is 1. The van der Waals surface area contributed by atoms with Crippen molar-refractivity contribution in [1.82, 2.24) is 0 Å². The van der Waals surface area contributed by atoms with Crippen molar-refractivity contribution in [2.45, 2.75) is 25.7 Å². The molecule has 0 bridgehead atoms. The van der Waals surface area contributed by atoms with E-state index in [1.54, 1.807) is 6.07 Å². The molecular weight excluding hydrogens is 248 g/mol. The van der Waals surface area contributed by atoms with E-state index in [0.717, 1.165) is 6.54 Å². The van der Waals surface area contributed by atoms with Crippen LogP contribution in [0.4, 0.5) is 11.4 Å².